The van der Waals surface area contributed by atoms with Crippen molar-refractivity contribution in [3.63, 3.8) is 0 Å². The molecule has 6 heteroatoms. The molecule has 0 aromatic carbocycles. The van der Waals surface area contributed by atoms with Gasteiger partial charge in [0, 0.05) is 26.0 Å². The number of hydrogen-bond donors (Lipinski definition) is 1. The Morgan fingerprint density at radius 2 is 2.31 bits per heavy atom. The van der Waals surface area contributed by atoms with Crippen LogP contribution >= 0.6 is 0 Å². The molecule has 1 atom stereocenters. The Morgan fingerprint density at radius 3 is 2.88 bits per heavy atom. The van der Waals surface area contributed by atoms with Gasteiger partial charge in [-0.25, -0.2) is 4.98 Å². The topological polar surface area (TPSA) is 81.2 Å². The molecule has 0 radical (unpaired) electrons. The van der Waals surface area contributed by atoms with Crippen molar-refractivity contribution in [2.45, 2.75) is 18.9 Å². The number of carbonyl (C=O) groups excluding carboxylic acids is 2. The molecule has 1 fully saturated rings. The molecule has 0 bridgehead atoms. The maximum atomic E-state index is 12.1. The first-order valence-electron chi connectivity index (χ1n) is 5.19. The third kappa shape index (κ3) is 1.66. The molecule has 6 nitrogen and oxygen atoms in total. The number of nitrogens with two attached hydrogens (primary N) is 1. The van der Waals surface area contributed by atoms with Crippen molar-refractivity contribution in [1.82, 2.24) is 14.5 Å². The molecule has 1 unspecified atom stereocenters. The highest BCUT2D eigenvalue weighted by Crippen LogP contribution is 2.18. The summed E-state index contributed by atoms with van der Waals surface area (Å²) in [7, 11) is 1.75. The van der Waals surface area contributed by atoms with Gasteiger partial charge in [-0.3, -0.25) is 9.59 Å². The maximum absolute atomic E-state index is 12.1. The zero-order valence-corrected chi connectivity index (χ0v) is 9.09. The Kier molecular flexibility index (Phi) is 2.64. The minimum absolute atomic E-state index is 0.228. The molecule has 1 aromatic heterocycles. The normalized spacial score (nSPS) is 20.1. The van der Waals surface area contributed by atoms with Crippen LogP contribution in [0.3, 0.4) is 0 Å². The van der Waals surface area contributed by atoms with Gasteiger partial charge in [0.15, 0.2) is 5.82 Å². The number of carbonyl (C=O) groups is 2. The molecule has 1 aliphatic heterocycles. The molecule has 1 aliphatic rings. The molecule has 2 heterocycles. The van der Waals surface area contributed by atoms with Crippen LogP contribution in [-0.2, 0) is 11.8 Å². The molecule has 0 aliphatic carbocycles. The van der Waals surface area contributed by atoms with Gasteiger partial charge in [-0.1, -0.05) is 0 Å². The van der Waals surface area contributed by atoms with Crippen molar-refractivity contribution >= 4 is 11.8 Å². The summed E-state index contributed by atoms with van der Waals surface area (Å²) in [6, 6.07) is -0.482. The molecule has 2 amide bonds. The Morgan fingerprint density at radius 1 is 1.56 bits per heavy atom. The molecule has 86 valence electrons. The lowest BCUT2D eigenvalue weighted by atomic mass is 10.2. The molecule has 0 saturated carbocycles. The molecular formula is C10H14N4O2. The summed E-state index contributed by atoms with van der Waals surface area (Å²) in [5.41, 5.74) is 5.26. The Labute approximate surface area is 93.0 Å². The summed E-state index contributed by atoms with van der Waals surface area (Å²) < 4.78 is 1.64. The van der Waals surface area contributed by atoms with Crippen LogP contribution in [0.5, 0.6) is 0 Å². The largest absolute Gasteiger partial charge is 0.368 e. The minimum Gasteiger partial charge on any atom is -0.368 e. The van der Waals surface area contributed by atoms with E-state index in [-0.39, 0.29) is 5.91 Å². The average Bonchev–Trinajstić information content (AvgIpc) is 2.84. The highest BCUT2D eigenvalue weighted by atomic mass is 16.2. The summed E-state index contributed by atoms with van der Waals surface area (Å²) in [4.78, 5) is 28.7. The number of nitrogens with zero attached hydrogens (tertiary/aromatic N) is 3. The second kappa shape index (κ2) is 3.96. The fourth-order valence-corrected chi connectivity index (χ4v) is 2.01. The van der Waals surface area contributed by atoms with Crippen molar-refractivity contribution in [2.24, 2.45) is 12.8 Å². The molecule has 2 N–H and O–H groups in total. The van der Waals surface area contributed by atoms with Crippen LogP contribution in [0.1, 0.15) is 23.5 Å². The highest BCUT2D eigenvalue weighted by molar-refractivity contribution is 5.95. The van der Waals surface area contributed by atoms with E-state index in [2.05, 4.69) is 4.98 Å². The molecule has 16 heavy (non-hydrogen) atoms. The van der Waals surface area contributed by atoms with Crippen LogP contribution in [0.25, 0.3) is 0 Å². The van der Waals surface area contributed by atoms with E-state index in [1.54, 1.807) is 24.0 Å². The number of imidazole rings is 1. The van der Waals surface area contributed by atoms with Crippen LogP contribution in [0, 0.1) is 0 Å². The average molecular weight is 222 g/mol. The van der Waals surface area contributed by atoms with Crippen molar-refractivity contribution in [3.05, 3.63) is 18.2 Å². The first-order valence-corrected chi connectivity index (χ1v) is 5.19. The van der Waals surface area contributed by atoms with Crippen LogP contribution in [0.2, 0.25) is 0 Å². The van der Waals surface area contributed by atoms with Gasteiger partial charge in [0.25, 0.3) is 5.91 Å². The third-order valence-electron chi connectivity index (χ3n) is 2.85. The second-order valence-electron chi connectivity index (χ2n) is 3.92. The molecule has 1 saturated heterocycles. The zero-order chi connectivity index (χ0) is 11.7. The Hall–Kier alpha value is -1.85. The van der Waals surface area contributed by atoms with Gasteiger partial charge in [-0.2, -0.15) is 0 Å². The summed E-state index contributed by atoms with van der Waals surface area (Å²) >= 11 is 0. The fraction of sp³-hybridized carbons (Fsp3) is 0.500. The van der Waals surface area contributed by atoms with Crippen molar-refractivity contribution in [2.75, 3.05) is 6.54 Å². The Balaban J connectivity index is 2.22. The summed E-state index contributed by atoms with van der Waals surface area (Å²) in [5.74, 6) is -0.331. The number of aryl methyl sites for hydroxylation is 1. The zero-order valence-electron chi connectivity index (χ0n) is 9.09. The van der Waals surface area contributed by atoms with Gasteiger partial charge >= 0.3 is 0 Å². The van der Waals surface area contributed by atoms with E-state index in [0.29, 0.717) is 18.8 Å². The number of hydrogen-bond acceptors (Lipinski definition) is 3. The fourth-order valence-electron chi connectivity index (χ4n) is 2.01. The summed E-state index contributed by atoms with van der Waals surface area (Å²) in [5, 5.41) is 0. The van der Waals surface area contributed by atoms with E-state index in [0.717, 1.165) is 6.42 Å². The van der Waals surface area contributed by atoms with Gasteiger partial charge in [0.1, 0.15) is 6.04 Å². The first kappa shape index (κ1) is 10.7. The predicted octanol–water partition coefficient (Wildman–Crippen LogP) is -0.490. The number of aromatic nitrogens is 2. The van der Waals surface area contributed by atoms with E-state index in [9.17, 15) is 9.59 Å². The molecule has 0 spiro atoms. The van der Waals surface area contributed by atoms with Crippen molar-refractivity contribution in [1.29, 1.82) is 0 Å². The number of primary amides is 1. The van der Waals surface area contributed by atoms with Gasteiger partial charge in [0.05, 0.1) is 0 Å². The molecule has 2 rings (SSSR count). The summed E-state index contributed by atoms with van der Waals surface area (Å²) in [6.07, 6.45) is 4.71. The van der Waals surface area contributed by atoms with Crippen LogP contribution in [0.15, 0.2) is 12.4 Å². The lowest BCUT2D eigenvalue weighted by molar-refractivity contribution is -0.121. The van der Waals surface area contributed by atoms with E-state index >= 15 is 0 Å². The Bertz CT molecular complexity index is 426. The van der Waals surface area contributed by atoms with Crippen LogP contribution in [-0.4, -0.2) is 38.9 Å². The van der Waals surface area contributed by atoms with Gasteiger partial charge in [-0.15, -0.1) is 0 Å². The first-order chi connectivity index (χ1) is 7.61. The monoisotopic (exact) mass is 222 g/mol. The quantitative estimate of drug-likeness (QED) is 0.733. The SMILES string of the molecule is Cn1ccnc1C(=O)N1CCCC1C(N)=O. The third-order valence-corrected chi connectivity index (χ3v) is 2.85. The standard InChI is InChI=1S/C10H14N4O2/c1-13-6-4-12-9(13)10(16)14-5-2-3-7(14)8(11)15/h4,6-7H,2-3,5H2,1H3,(H2,11,15). The lowest BCUT2D eigenvalue weighted by Gasteiger charge is -2.21. The van der Waals surface area contributed by atoms with E-state index in [1.807, 2.05) is 0 Å². The number of rotatable bonds is 2. The van der Waals surface area contributed by atoms with Gasteiger partial charge in [-0.05, 0) is 12.8 Å². The highest BCUT2D eigenvalue weighted by Gasteiger charge is 2.34. The maximum Gasteiger partial charge on any atom is 0.290 e. The van der Waals surface area contributed by atoms with E-state index < -0.39 is 11.9 Å². The van der Waals surface area contributed by atoms with Crippen molar-refractivity contribution in [3.8, 4) is 0 Å². The predicted molar refractivity (Wildman–Crippen MR) is 56.5 cm³/mol. The number of likely N-dealkylation sites (tertiary alicyclic amines) is 1. The summed E-state index contributed by atoms with van der Waals surface area (Å²) in [6.45, 7) is 0.569. The van der Waals surface area contributed by atoms with E-state index in [1.165, 1.54) is 4.90 Å². The van der Waals surface area contributed by atoms with Crippen molar-refractivity contribution < 1.29 is 9.59 Å². The number of amides is 2. The second-order valence-corrected chi connectivity index (χ2v) is 3.92. The van der Waals surface area contributed by atoms with Gasteiger partial charge in [0.2, 0.25) is 5.91 Å². The molecule has 1 aromatic rings. The van der Waals surface area contributed by atoms with Gasteiger partial charge < -0.3 is 15.2 Å². The minimum atomic E-state index is -0.482. The smallest absolute Gasteiger partial charge is 0.290 e. The lowest BCUT2D eigenvalue weighted by Crippen LogP contribution is -2.44. The molecular weight excluding hydrogens is 208 g/mol. The van der Waals surface area contributed by atoms with E-state index in [4.69, 9.17) is 5.73 Å². The van der Waals surface area contributed by atoms with Crippen LogP contribution in [0.4, 0.5) is 0 Å². The van der Waals surface area contributed by atoms with Crippen LogP contribution < -0.4 is 5.73 Å².